The number of benzene rings is 1. The highest BCUT2D eigenvalue weighted by Gasteiger charge is 2.27. The fourth-order valence-electron chi connectivity index (χ4n) is 3.11. The number of nitrogens with zero attached hydrogens (tertiary/aromatic N) is 2. The predicted molar refractivity (Wildman–Crippen MR) is 92.4 cm³/mol. The molecule has 2 heterocycles. The fraction of sp³-hybridized carbons (Fsp3) is 0.333. The van der Waals surface area contributed by atoms with Gasteiger partial charge >= 0.3 is 0 Å². The number of hydrogen-bond donors (Lipinski definition) is 0. The van der Waals surface area contributed by atoms with Gasteiger partial charge in [-0.25, -0.2) is 0 Å². The van der Waals surface area contributed by atoms with Crippen LogP contribution in [0.25, 0.3) is 10.9 Å². The summed E-state index contributed by atoms with van der Waals surface area (Å²) in [6.45, 7) is 0.374. The summed E-state index contributed by atoms with van der Waals surface area (Å²) >= 11 is 0. The van der Waals surface area contributed by atoms with Gasteiger partial charge in [-0.2, -0.15) is 0 Å². The number of imide groups is 1. The van der Waals surface area contributed by atoms with Gasteiger partial charge in [-0.3, -0.25) is 14.5 Å². The first-order valence-electron chi connectivity index (χ1n) is 7.84. The monoisotopic (exact) mass is 344 g/mol. The van der Waals surface area contributed by atoms with Gasteiger partial charge in [0.05, 0.1) is 26.8 Å². The minimum absolute atomic E-state index is 0.302. The number of carbonyl (C=O) groups excluding carboxylic acids is 2. The van der Waals surface area contributed by atoms with Crippen LogP contribution in [0.4, 0.5) is 0 Å². The minimum atomic E-state index is -0.340. The molecule has 132 valence electrons. The lowest BCUT2D eigenvalue weighted by Gasteiger charge is -2.21. The molecule has 1 aromatic carbocycles. The molecular weight excluding hydrogens is 324 g/mol. The highest BCUT2D eigenvalue weighted by atomic mass is 16.5. The second-order valence-corrected chi connectivity index (χ2v) is 5.66. The molecule has 1 aliphatic rings. The number of ether oxygens (including phenoxy) is 3. The van der Waals surface area contributed by atoms with Crippen molar-refractivity contribution in [3.8, 4) is 17.2 Å². The average Bonchev–Trinajstić information content (AvgIpc) is 2.96. The first-order chi connectivity index (χ1) is 12.0. The normalized spacial score (nSPS) is 14.1. The number of hydrogen-bond acceptors (Lipinski definition) is 5. The first-order valence-corrected chi connectivity index (χ1v) is 7.84. The number of fused-ring (bicyclic) bond motifs is 1. The van der Waals surface area contributed by atoms with Crippen molar-refractivity contribution in [1.29, 1.82) is 0 Å². The molecule has 0 saturated heterocycles. The molecule has 0 fully saturated rings. The van der Waals surface area contributed by atoms with Gasteiger partial charge in [0.2, 0.25) is 5.75 Å². The van der Waals surface area contributed by atoms with Crippen molar-refractivity contribution < 1.29 is 23.8 Å². The maximum Gasteiger partial charge on any atom is 0.277 e. The van der Waals surface area contributed by atoms with E-state index in [1.54, 1.807) is 29.8 Å². The number of amides is 2. The Morgan fingerprint density at radius 1 is 1.08 bits per heavy atom. The van der Waals surface area contributed by atoms with Gasteiger partial charge in [-0.1, -0.05) is 6.08 Å². The van der Waals surface area contributed by atoms with Gasteiger partial charge < -0.3 is 18.8 Å². The van der Waals surface area contributed by atoms with Crippen molar-refractivity contribution in [2.24, 2.45) is 7.05 Å². The predicted octanol–water partition coefficient (Wildman–Crippen LogP) is 2.13. The van der Waals surface area contributed by atoms with Crippen molar-refractivity contribution in [3.05, 3.63) is 30.0 Å². The van der Waals surface area contributed by atoms with Crippen LogP contribution in [0, 0.1) is 0 Å². The molecule has 0 spiro atoms. The van der Waals surface area contributed by atoms with Gasteiger partial charge in [0.15, 0.2) is 11.5 Å². The Morgan fingerprint density at radius 2 is 1.80 bits per heavy atom. The molecule has 1 aliphatic heterocycles. The fourth-order valence-corrected chi connectivity index (χ4v) is 3.11. The summed E-state index contributed by atoms with van der Waals surface area (Å²) < 4.78 is 18.0. The number of methoxy groups -OCH3 is 3. The summed E-state index contributed by atoms with van der Waals surface area (Å²) in [6, 6.07) is 3.51. The smallest absolute Gasteiger partial charge is 0.277 e. The van der Waals surface area contributed by atoms with Crippen LogP contribution in [0.3, 0.4) is 0 Å². The summed E-state index contributed by atoms with van der Waals surface area (Å²) in [4.78, 5) is 26.1. The summed E-state index contributed by atoms with van der Waals surface area (Å²) in [5.74, 6) is 0.794. The third kappa shape index (κ3) is 2.61. The van der Waals surface area contributed by atoms with Gasteiger partial charge in [-0.05, 0) is 24.6 Å². The molecule has 0 radical (unpaired) electrons. The zero-order valence-corrected chi connectivity index (χ0v) is 14.7. The lowest BCUT2D eigenvalue weighted by atomic mass is 10.2. The molecular formula is C18H20N2O5. The summed E-state index contributed by atoms with van der Waals surface area (Å²) in [5, 5.41) is 0.764. The van der Waals surface area contributed by atoms with E-state index in [2.05, 4.69) is 0 Å². The molecule has 0 saturated carbocycles. The molecule has 0 atom stereocenters. The van der Waals surface area contributed by atoms with Crippen LogP contribution in [0.5, 0.6) is 17.2 Å². The largest absolute Gasteiger partial charge is 0.493 e. The number of aromatic nitrogens is 1. The van der Waals surface area contributed by atoms with E-state index < -0.39 is 0 Å². The molecule has 7 heteroatoms. The second-order valence-electron chi connectivity index (χ2n) is 5.66. The Labute approximate surface area is 145 Å². The number of aryl methyl sites for hydroxylation is 1. The minimum Gasteiger partial charge on any atom is -0.493 e. The van der Waals surface area contributed by atoms with E-state index >= 15 is 0 Å². The third-order valence-corrected chi connectivity index (χ3v) is 4.33. The van der Waals surface area contributed by atoms with Crippen molar-refractivity contribution in [3.63, 3.8) is 0 Å². The quantitative estimate of drug-likeness (QED) is 0.795. The van der Waals surface area contributed by atoms with E-state index in [4.69, 9.17) is 14.2 Å². The van der Waals surface area contributed by atoms with E-state index in [-0.39, 0.29) is 11.8 Å². The van der Waals surface area contributed by atoms with Gasteiger partial charge in [0, 0.05) is 19.0 Å². The summed E-state index contributed by atoms with van der Waals surface area (Å²) in [7, 11) is 6.36. The molecule has 0 bridgehead atoms. The highest BCUT2D eigenvalue weighted by molar-refractivity contribution is 6.10. The third-order valence-electron chi connectivity index (χ3n) is 4.33. The average molecular weight is 344 g/mol. The van der Waals surface area contributed by atoms with E-state index in [1.807, 2.05) is 0 Å². The van der Waals surface area contributed by atoms with E-state index in [1.165, 1.54) is 32.3 Å². The Bertz CT molecular complexity index is 881. The Kier molecular flexibility index (Phi) is 4.39. The van der Waals surface area contributed by atoms with E-state index in [0.29, 0.717) is 41.4 Å². The number of rotatable bonds is 4. The molecule has 1 aromatic heterocycles. The molecule has 2 aromatic rings. The van der Waals surface area contributed by atoms with Crippen LogP contribution in [-0.4, -0.2) is 49.2 Å². The van der Waals surface area contributed by atoms with Crippen LogP contribution in [-0.2, 0) is 11.8 Å². The van der Waals surface area contributed by atoms with E-state index in [9.17, 15) is 9.59 Å². The topological polar surface area (TPSA) is 70.0 Å². The Balaban J connectivity index is 2.18. The second kappa shape index (κ2) is 6.51. The van der Waals surface area contributed by atoms with Crippen LogP contribution in [0.15, 0.2) is 24.3 Å². The highest BCUT2D eigenvalue weighted by Crippen LogP contribution is 2.44. The van der Waals surface area contributed by atoms with Crippen molar-refractivity contribution in [1.82, 2.24) is 9.47 Å². The van der Waals surface area contributed by atoms with Gasteiger partial charge in [0.1, 0.15) is 5.69 Å². The summed E-state index contributed by atoms with van der Waals surface area (Å²) in [5.41, 5.74) is 1.09. The van der Waals surface area contributed by atoms with Crippen molar-refractivity contribution in [2.75, 3.05) is 27.9 Å². The van der Waals surface area contributed by atoms with Gasteiger partial charge in [0.25, 0.3) is 11.8 Å². The molecule has 0 unspecified atom stereocenters. The van der Waals surface area contributed by atoms with Crippen molar-refractivity contribution in [2.45, 2.75) is 6.42 Å². The molecule has 7 nitrogen and oxygen atoms in total. The lowest BCUT2D eigenvalue weighted by molar-refractivity contribution is -0.124. The maximum absolute atomic E-state index is 12.9. The molecule has 0 N–H and O–H groups in total. The van der Waals surface area contributed by atoms with Crippen LogP contribution >= 0.6 is 0 Å². The molecule has 25 heavy (non-hydrogen) atoms. The maximum atomic E-state index is 12.9. The number of carbonyl (C=O) groups is 2. The SMILES string of the molecule is COc1cc2cc(C(=O)N3CCC=CC3=O)n(C)c2c(OC)c1OC. The van der Waals surface area contributed by atoms with E-state index in [0.717, 1.165) is 5.39 Å². The van der Waals surface area contributed by atoms with Crippen molar-refractivity contribution >= 4 is 22.7 Å². The molecule has 0 aliphatic carbocycles. The Morgan fingerprint density at radius 3 is 2.40 bits per heavy atom. The van der Waals surface area contributed by atoms with Crippen LogP contribution in [0.2, 0.25) is 0 Å². The Hall–Kier alpha value is -2.96. The molecule has 3 rings (SSSR count). The zero-order valence-electron chi connectivity index (χ0n) is 14.7. The van der Waals surface area contributed by atoms with Crippen LogP contribution < -0.4 is 14.2 Å². The lowest BCUT2D eigenvalue weighted by Crippen LogP contribution is -2.39. The van der Waals surface area contributed by atoms with Gasteiger partial charge in [-0.15, -0.1) is 0 Å². The molecule has 2 amide bonds. The zero-order chi connectivity index (χ0) is 18.1. The van der Waals surface area contributed by atoms with Crippen LogP contribution in [0.1, 0.15) is 16.9 Å². The standard InChI is InChI=1S/C18H20N2O5/c1-19-12(18(22)20-8-6-5-7-14(20)21)9-11-10-13(23-2)16(24-3)17(25-4)15(11)19/h5,7,9-10H,6,8H2,1-4H3. The summed E-state index contributed by atoms with van der Waals surface area (Å²) in [6.07, 6.45) is 3.86. The first kappa shape index (κ1) is 16.9.